The topological polar surface area (TPSA) is 60.7 Å². The van der Waals surface area contributed by atoms with E-state index >= 15 is 0 Å². The number of benzene rings is 1. The molecule has 0 spiro atoms. The molecule has 0 atom stereocenters. The lowest BCUT2D eigenvalue weighted by Gasteiger charge is -2.56. The largest absolute Gasteiger partial charge is 0.493 e. The van der Waals surface area contributed by atoms with Gasteiger partial charge in [-0.25, -0.2) is 0 Å². The van der Waals surface area contributed by atoms with Gasteiger partial charge in [0.1, 0.15) is 12.4 Å². The molecule has 1 aromatic carbocycles. The van der Waals surface area contributed by atoms with Gasteiger partial charge in [0, 0.05) is 5.54 Å². The van der Waals surface area contributed by atoms with E-state index in [2.05, 4.69) is 5.32 Å². The summed E-state index contributed by atoms with van der Waals surface area (Å²) >= 11 is 0. The Morgan fingerprint density at radius 2 is 1.68 bits per heavy atom. The van der Waals surface area contributed by atoms with E-state index in [0.717, 1.165) is 37.0 Å². The lowest BCUT2D eigenvalue weighted by Crippen LogP contribution is -2.59. The summed E-state index contributed by atoms with van der Waals surface area (Å²) in [6, 6.07) is 11.0. The van der Waals surface area contributed by atoms with E-state index in [9.17, 15) is 4.79 Å². The smallest absolute Gasteiger partial charge is 0.287 e. The maximum Gasteiger partial charge on any atom is 0.287 e. The molecule has 5 nitrogen and oxygen atoms in total. The van der Waals surface area contributed by atoms with Crippen LogP contribution in [0.1, 0.15) is 54.8 Å². The first-order chi connectivity index (χ1) is 13.6. The minimum atomic E-state index is -0.0921. The summed E-state index contributed by atoms with van der Waals surface area (Å²) in [6.07, 6.45) is 7.49. The maximum atomic E-state index is 12.9. The summed E-state index contributed by atoms with van der Waals surface area (Å²) < 4.78 is 16.9. The van der Waals surface area contributed by atoms with Crippen LogP contribution in [-0.2, 0) is 6.61 Å². The van der Waals surface area contributed by atoms with Crippen molar-refractivity contribution in [1.82, 2.24) is 5.32 Å². The molecule has 1 N–H and O–H groups in total. The first-order valence-electron chi connectivity index (χ1n) is 10.3. The predicted molar refractivity (Wildman–Crippen MR) is 104 cm³/mol. The van der Waals surface area contributed by atoms with Crippen molar-refractivity contribution in [2.45, 2.75) is 50.7 Å². The van der Waals surface area contributed by atoms with E-state index in [1.54, 1.807) is 13.2 Å². The quantitative estimate of drug-likeness (QED) is 0.796. The van der Waals surface area contributed by atoms with Crippen molar-refractivity contribution in [3.8, 4) is 11.5 Å². The van der Waals surface area contributed by atoms with Crippen molar-refractivity contribution < 1.29 is 18.7 Å². The van der Waals surface area contributed by atoms with Gasteiger partial charge >= 0.3 is 0 Å². The summed E-state index contributed by atoms with van der Waals surface area (Å²) in [7, 11) is 1.61. The summed E-state index contributed by atoms with van der Waals surface area (Å²) in [5.41, 5.74) is -0.00725. The lowest BCUT2D eigenvalue weighted by atomic mass is 9.53. The van der Waals surface area contributed by atoms with Crippen LogP contribution in [0.5, 0.6) is 11.5 Å². The Kier molecular flexibility index (Phi) is 4.33. The van der Waals surface area contributed by atoms with E-state index in [0.29, 0.717) is 23.0 Å². The second-order valence-electron chi connectivity index (χ2n) is 8.86. The number of amides is 1. The van der Waals surface area contributed by atoms with E-state index in [1.807, 2.05) is 30.3 Å². The third-order valence-electron chi connectivity index (χ3n) is 6.74. The number of para-hydroxylation sites is 2. The number of hydrogen-bond donors (Lipinski definition) is 1. The zero-order valence-corrected chi connectivity index (χ0v) is 16.3. The van der Waals surface area contributed by atoms with Gasteiger partial charge in [0.15, 0.2) is 17.3 Å². The Bertz CT molecular complexity index is 836. The van der Waals surface area contributed by atoms with Crippen LogP contribution in [0.25, 0.3) is 0 Å². The Morgan fingerprint density at radius 3 is 2.32 bits per heavy atom. The zero-order valence-electron chi connectivity index (χ0n) is 16.3. The molecular weight excluding hydrogens is 354 g/mol. The summed E-state index contributed by atoms with van der Waals surface area (Å²) in [4.78, 5) is 12.9. The fraction of sp³-hybridized carbons (Fsp3) is 0.522. The second kappa shape index (κ2) is 6.87. The molecule has 5 heteroatoms. The third-order valence-corrected chi connectivity index (χ3v) is 6.74. The fourth-order valence-electron chi connectivity index (χ4n) is 6.03. The minimum absolute atomic E-state index is 0.00725. The SMILES string of the molecule is COc1ccccc1OCc1ccc(C(=O)NC23CC4CC(CC(C4)C2)C3)o1. The summed E-state index contributed by atoms with van der Waals surface area (Å²) in [5, 5.41) is 3.35. The van der Waals surface area contributed by atoms with Gasteiger partial charge in [-0.05, 0) is 80.5 Å². The number of methoxy groups -OCH3 is 1. The number of rotatable bonds is 6. The molecule has 4 saturated carbocycles. The average Bonchev–Trinajstić information content (AvgIpc) is 3.14. The fourth-order valence-corrected chi connectivity index (χ4v) is 6.03. The standard InChI is InChI=1S/C23H27NO4/c1-26-19-4-2-3-5-20(19)27-14-18-6-7-21(28-18)22(25)24-23-11-15-8-16(12-23)10-17(9-15)13-23/h2-7,15-17H,8-14H2,1H3,(H,24,25). The van der Waals surface area contributed by atoms with Crippen molar-refractivity contribution >= 4 is 5.91 Å². The van der Waals surface area contributed by atoms with E-state index in [1.165, 1.54) is 19.3 Å². The number of furan rings is 1. The van der Waals surface area contributed by atoms with Gasteiger partial charge in [0.2, 0.25) is 0 Å². The maximum absolute atomic E-state index is 12.9. The molecule has 4 aliphatic rings. The molecule has 4 aliphatic carbocycles. The van der Waals surface area contributed by atoms with E-state index < -0.39 is 0 Å². The van der Waals surface area contributed by atoms with Crippen LogP contribution in [0.2, 0.25) is 0 Å². The molecule has 6 rings (SSSR count). The van der Waals surface area contributed by atoms with Crippen molar-refractivity contribution in [3.05, 3.63) is 47.9 Å². The minimum Gasteiger partial charge on any atom is -0.493 e. The number of nitrogens with one attached hydrogen (secondary N) is 1. The molecule has 0 saturated heterocycles. The molecule has 148 valence electrons. The molecule has 1 aromatic heterocycles. The number of carbonyl (C=O) groups is 1. The molecule has 0 aliphatic heterocycles. The van der Waals surface area contributed by atoms with Crippen LogP contribution < -0.4 is 14.8 Å². The Morgan fingerprint density at radius 1 is 1.04 bits per heavy atom. The van der Waals surface area contributed by atoms with Gasteiger partial charge in [-0.1, -0.05) is 12.1 Å². The number of hydrogen-bond acceptors (Lipinski definition) is 4. The number of carbonyl (C=O) groups excluding carboxylic acids is 1. The Labute approximate surface area is 165 Å². The van der Waals surface area contributed by atoms with Crippen molar-refractivity contribution in [1.29, 1.82) is 0 Å². The molecule has 1 heterocycles. The van der Waals surface area contributed by atoms with Crippen LogP contribution in [0.15, 0.2) is 40.8 Å². The summed E-state index contributed by atoms with van der Waals surface area (Å²) in [5.74, 6) is 4.63. The lowest BCUT2D eigenvalue weighted by molar-refractivity contribution is -0.0171. The van der Waals surface area contributed by atoms with Gasteiger partial charge in [-0.3, -0.25) is 4.79 Å². The van der Waals surface area contributed by atoms with Crippen LogP contribution in [0.4, 0.5) is 0 Å². The van der Waals surface area contributed by atoms with Crippen LogP contribution in [0, 0.1) is 17.8 Å². The molecule has 4 fully saturated rings. The van der Waals surface area contributed by atoms with Crippen LogP contribution in [-0.4, -0.2) is 18.6 Å². The molecule has 0 radical (unpaired) electrons. The first kappa shape index (κ1) is 17.7. The molecule has 2 aromatic rings. The normalized spacial score (nSPS) is 30.2. The zero-order chi connectivity index (χ0) is 19.1. The average molecular weight is 381 g/mol. The van der Waals surface area contributed by atoms with Crippen LogP contribution in [0.3, 0.4) is 0 Å². The van der Waals surface area contributed by atoms with E-state index in [4.69, 9.17) is 13.9 Å². The van der Waals surface area contributed by atoms with Crippen molar-refractivity contribution in [2.75, 3.05) is 7.11 Å². The highest BCUT2D eigenvalue weighted by Gasteiger charge is 2.51. The van der Waals surface area contributed by atoms with Gasteiger partial charge in [-0.15, -0.1) is 0 Å². The highest BCUT2D eigenvalue weighted by atomic mass is 16.5. The first-order valence-corrected chi connectivity index (χ1v) is 10.3. The van der Waals surface area contributed by atoms with Gasteiger partial charge < -0.3 is 19.2 Å². The van der Waals surface area contributed by atoms with Crippen LogP contribution >= 0.6 is 0 Å². The third kappa shape index (κ3) is 3.27. The molecule has 1 amide bonds. The highest BCUT2D eigenvalue weighted by molar-refractivity contribution is 5.92. The predicted octanol–water partition coefficient (Wildman–Crippen LogP) is 4.57. The Balaban J connectivity index is 1.23. The highest BCUT2D eigenvalue weighted by Crippen LogP contribution is 2.55. The van der Waals surface area contributed by atoms with Gasteiger partial charge in [0.05, 0.1) is 7.11 Å². The molecule has 4 bridgehead atoms. The second-order valence-corrected chi connectivity index (χ2v) is 8.86. The van der Waals surface area contributed by atoms with Crippen molar-refractivity contribution in [2.24, 2.45) is 17.8 Å². The number of ether oxygens (including phenoxy) is 2. The summed E-state index contributed by atoms with van der Waals surface area (Å²) in [6.45, 7) is 0.255. The van der Waals surface area contributed by atoms with Gasteiger partial charge in [-0.2, -0.15) is 0 Å². The van der Waals surface area contributed by atoms with E-state index in [-0.39, 0.29) is 18.1 Å². The monoisotopic (exact) mass is 381 g/mol. The van der Waals surface area contributed by atoms with Crippen molar-refractivity contribution in [3.63, 3.8) is 0 Å². The molecule has 0 unspecified atom stereocenters. The van der Waals surface area contributed by atoms with Gasteiger partial charge in [0.25, 0.3) is 5.91 Å². The molecular formula is C23H27NO4. The molecule has 28 heavy (non-hydrogen) atoms. The Hall–Kier alpha value is -2.43.